The molecule has 92 valence electrons. The fourth-order valence-corrected chi connectivity index (χ4v) is 2.05. The lowest BCUT2D eigenvalue weighted by Crippen LogP contribution is -2.37. The zero-order chi connectivity index (χ0) is 13.0. The zero-order valence-electron chi connectivity index (χ0n) is 10.2. The molecule has 3 aromatic heterocycles. The topological polar surface area (TPSA) is 85.6 Å². The van der Waals surface area contributed by atoms with Crippen molar-refractivity contribution in [2.75, 3.05) is 0 Å². The van der Waals surface area contributed by atoms with Gasteiger partial charge in [-0.3, -0.25) is 19.0 Å². The average Bonchev–Trinajstić information content (AvgIpc) is 2.73. The van der Waals surface area contributed by atoms with Crippen molar-refractivity contribution >= 4 is 22.1 Å². The van der Waals surface area contributed by atoms with Gasteiger partial charge in [0.15, 0.2) is 11.3 Å². The normalized spacial score (nSPS) is 11.5. The zero-order valence-corrected chi connectivity index (χ0v) is 10.2. The molecule has 0 spiro atoms. The summed E-state index contributed by atoms with van der Waals surface area (Å²) in [7, 11) is 3.04. The van der Waals surface area contributed by atoms with Gasteiger partial charge in [0, 0.05) is 25.2 Å². The molecular formula is C11H11N5O2. The minimum Gasteiger partial charge on any atom is -0.280 e. The van der Waals surface area contributed by atoms with Crippen LogP contribution in [0.25, 0.3) is 22.1 Å². The Bertz CT molecular complexity index is 900. The van der Waals surface area contributed by atoms with E-state index >= 15 is 0 Å². The molecule has 0 saturated carbocycles. The van der Waals surface area contributed by atoms with Gasteiger partial charge in [-0.15, -0.1) is 0 Å². The number of aryl methyl sites for hydroxylation is 2. The molecule has 0 atom stereocenters. The number of nitrogens with one attached hydrogen (secondary N) is 1. The number of hydrogen-bond donors (Lipinski definition) is 1. The molecule has 3 heterocycles. The number of aromatic amines is 1. The highest BCUT2D eigenvalue weighted by Gasteiger charge is 2.12. The summed E-state index contributed by atoms with van der Waals surface area (Å²) < 4.78 is 2.42. The van der Waals surface area contributed by atoms with Gasteiger partial charge in [-0.05, 0) is 13.0 Å². The molecule has 0 bridgehead atoms. The van der Waals surface area contributed by atoms with Crippen molar-refractivity contribution in [3.63, 3.8) is 0 Å². The van der Waals surface area contributed by atoms with E-state index in [2.05, 4.69) is 15.2 Å². The van der Waals surface area contributed by atoms with E-state index in [1.165, 1.54) is 11.6 Å². The predicted octanol–water partition coefficient (Wildman–Crippen LogP) is -0.183. The Balaban J connectivity index is 2.68. The molecule has 0 fully saturated rings. The van der Waals surface area contributed by atoms with Crippen molar-refractivity contribution in [1.82, 2.24) is 24.3 Å². The molecule has 7 heteroatoms. The molecule has 18 heavy (non-hydrogen) atoms. The van der Waals surface area contributed by atoms with Gasteiger partial charge in [-0.25, -0.2) is 9.78 Å². The van der Waals surface area contributed by atoms with Gasteiger partial charge in [0.05, 0.1) is 5.39 Å². The van der Waals surface area contributed by atoms with Gasteiger partial charge in [0.1, 0.15) is 0 Å². The first kappa shape index (κ1) is 10.7. The van der Waals surface area contributed by atoms with Crippen LogP contribution in [0.3, 0.4) is 0 Å². The Morgan fingerprint density at radius 3 is 2.61 bits per heavy atom. The third kappa shape index (κ3) is 1.18. The second-order valence-electron chi connectivity index (χ2n) is 4.29. The van der Waals surface area contributed by atoms with Crippen molar-refractivity contribution in [1.29, 1.82) is 0 Å². The third-order valence-corrected chi connectivity index (χ3v) is 3.14. The van der Waals surface area contributed by atoms with E-state index in [-0.39, 0.29) is 5.56 Å². The van der Waals surface area contributed by atoms with Crippen LogP contribution in [0.4, 0.5) is 0 Å². The molecule has 0 aliphatic rings. The van der Waals surface area contributed by atoms with Crippen LogP contribution < -0.4 is 11.2 Å². The quantitative estimate of drug-likeness (QED) is 0.595. The Kier molecular flexibility index (Phi) is 1.95. The lowest BCUT2D eigenvalue weighted by atomic mass is 10.2. The fraction of sp³-hybridized carbons (Fsp3) is 0.273. The molecule has 0 aromatic carbocycles. The van der Waals surface area contributed by atoms with Crippen molar-refractivity contribution in [3.8, 4) is 0 Å². The van der Waals surface area contributed by atoms with Crippen LogP contribution >= 0.6 is 0 Å². The third-order valence-electron chi connectivity index (χ3n) is 3.14. The standard InChI is InChI=1S/C11H11N5O2/c1-5-6-4-7-9(12-8(6)14-13-5)15(2)11(18)16(3)10(7)17/h4H,1-3H3,(H,12,13,14). The van der Waals surface area contributed by atoms with E-state index < -0.39 is 5.69 Å². The molecule has 3 rings (SSSR count). The van der Waals surface area contributed by atoms with E-state index in [1.54, 1.807) is 13.1 Å². The second-order valence-corrected chi connectivity index (χ2v) is 4.29. The summed E-state index contributed by atoms with van der Waals surface area (Å²) in [5, 5.41) is 8.05. The molecule has 0 saturated heterocycles. The highest BCUT2D eigenvalue weighted by molar-refractivity contribution is 5.90. The minimum absolute atomic E-state index is 0.344. The first-order chi connectivity index (χ1) is 8.50. The van der Waals surface area contributed by atoms with Gasteiger partial charge >= 0.3 is 5.69 Å². The van der Waals surface area contributed by atoms with Gasteiger partial charge in [0.25, 0.3) is 5.56 Å². The molecule has 0 aliphatic carbocycles. The molecule has 0 unspecified atom stereocenters. The van der Waals surface area contributed by atoms with Crippen LogP contribution in [0, 0.1) is 6.92 Å². The average molecular weight is 245 g/mol. The first-order valence-corrected chi connectivity index (χ1v) is 5.42. The number of nitrogens with zero attached hydrogens (tertiary/aromatic N) is 4. The Morgan fingerprint density at radius 2 is 1.89 bits per heavy atom. The highest BCUT2D eigenvalue weighted by atomic mass is 16.2. The maximum absolute atomic E-state index is 12.1. The number of H-pyrrole nitrogens is 1. The maximum atomic E-state index is 12.1. The summed E-state index contributed by atoms with van der Waals surface area (Å²) in [4.78, 5) is 28.1. The lowest BCUT2D eigenvalue weighted by Gasteiger charge is -2.05. The summed E-state index contributed by atoms with van der Waals surface area (Å²) in [6.45, 7) is 1.86. The lowest BCUT2D eigenvalue weighted by molar-refractivity contribution is 0.708. The number of fused-ring (bicyclic) bond motifs is 2. The van der Waals surface area contributed by atoms with Crippen molar-refractivity contribution in [2.45, 2.75) is 6.92 Å². The second kappa shape index (κ2) is 3.28. The largest absolute Gasteiger partial charge is 0.332 e. The van der Waals surface area contributed by atoms with Crippen LogP contribution in [0.2, 0.25) is 0 Å². The number of rotatable bonds is 0. The minimum atomic E-state index is -0.397. The van der Waals surface area contributed by atoms with E-state index in [0.29, 0.717) is 16.7 Å². The molecule has 1 N–H and O–H groups in total. The fourth-order valence-electron chi connectivity index (χ4n) is 2.05. The van der Waals surface area contributed by atoms with Gasteiger partial charge in [-0.2, -0.15) is 5.10 Å². The van der Waals surface area contributed by atoms with Crippen LogP contribution in [-0.4, -0.2) is 24.3 Å². The molecule has 0 radical (unpaired) electrons. The maximum Gasteiger partial charge on any atom is 0.332 e. The Morgan fingerprint density at radius 1 is 1.17 bits per heavy atom. The van der Waals surface area contributed by atoms with E-state index in [9.17, 15) is 9.59 Å². The summed E-state index contributed by atoms with van der Waals surface area (Å²) in [5.41, 5.74) is 0.954. The Labute approximate surface area is 101 Å². The van der Waals surface area contributed by atoms with E-state index in [0.717, 1.165) is 15.6 Å². The van der Waals surface area contributed by atoms with Gasteiger partial charge in [0.2, 0.25) is 0 Å². The monoisotopic (exact) mass is 245 g/mol. The number of pyridine rings is 1. The van der Waals surface area contributed by atoms with Gasteiger partial charge in [-0.1, -0.05) is 0 Å². The van der Waals surface area contributed by atoms with Crippen molar-refractivity contribution in [3.05, 3.63) is 32.6 Å². The number of aromatic nitrogens is 5. The Hall–Kier alpha value is -2.44. The molecule has 0 aliphatic heterocycles. The van der Waals surface area contributed by atoms with Crippen LogP contribution in [0.1, 0.15) is 5.69 Å². The summed E-state index contributed by atoms with van der Waals surface area (Å²) in [6, 6.07) is 1.72. The smallest absolute Gasteiger partial charge is 0.280 e. The van der Waals surface area contributed by atoms with Crippen LogP contribution in [0.15, 0.2) is 15.7 Å². The SMILES string of the molecule is Cc1[nH]nc2nc3c(cc12)c(=O)n(C)c(=O)n3C. The summed E-state index contributed by atoms with van der Waals surface area (Å²) >= 11 is 0. The molecule has 0 amide bonds. The molecular weight excluding hydrogens is 234 g/mol. The molecule has 7 nitrogen and oxygen atoms in total. The molecule has 3 aromatic rings. The van der Waals surface area contributed by atoms with Crippen molar-refractivity contribution < 1.29 is 0 Å². The van der Waals surface area contributed by atoms with Crippen LogP contribution in [-0.2, 0) is 14.1 Å². The summed E-state index contributed by atoms with van der Waals surface area (Å²) in [6.07, 6.45) is 0. The van der Waals surface area contributed by atoms with E-state index in [1.807, 2.05) is 6.92 Å². The van der Waals surface area contributed by atoms with E-state index in [4.69, 9.17) is 0 Å². The summed E-state index contributed by atoms with van der Waals surface area (Å²) in [5.74, 6) is 0. The number of hydrogen-bond acceptors (Lipinski definition) is 4. The van der Waals surface area contributed by atoms with Gasteiger partial charge < -0.3 is 0 Å². The van der Waals surface area contributed by atoms with Crippen molar-refractivity contribution in [2.24, 2.45) is 14.1 Å². The van der Waals surface area contributed by atoms with Crippen LogP contribution in [0.5, 0.6) is 0 Å². The predicted molar refractivity (Wildman–Crippen MR) is 66.6 cm³/mol. The first-order valence-electron chi connectivity index (χ1n) is 5.42. The highest BCUT2D eigenvalue weighted by Crippen LogP contribution is 2.16.